The summed E-state index contributed by atoms with van der Waals surface area (Å²) in [7, 11) is 0. The Morgan fingerprint density at radius 2 is 1.83 bits per heavy atom. The van der Waals surface area contributed by atoms with Gasteiger partial charge in [0.25, 0.3) is 5.56 Å². The van der Waals surface area contributed by atoms with E-state index in [4.69, 9.17) is 0 Å². The minimum Gasteiger partial charge on any atom is -0.478 e. The first-order chi connectivity index (χ1) is 14.6. The average Bonchev–Trinajstić information content (AvgIpc) is 3.60. The Morgan fingerprint density at radius 1 is 1.03 bits per heavy atom. The van der Waals surface area contributed by atoms with Gasteiger partial charge in [-0.2, -0.15) is 0 Å². The maximum atomic E-state index is 12.4. The van der Waals surface area contributed by atoms with Crippen molar-refractivity contribution in [1.29, 1.82) is 0 Å². The molecule has 1 fully saturated rings. The fourth-order valence-electron chi connectivity index (χ4n) is 3.56. The lowest BCUT2D eigenvalue weighted by molar-refractivity contribution is 0.0697. The lowest BCUT2D eigenvalue weighted by Gasteiger charge is -2.13. The zero-order valence-corrected chi connectivity index (χ0v) is 15.9. The molecule has 0 aliphatic heterocycles. The monoisotopic (exact) mass is 398 g/mol. The van der Waals surface area contributed by atoms with Gasteiger partial charge < -0.3 is 10.4 Å². The van der Waals surface area contributed by atoms with E-state index in [2.05, 4.69) is 15.3 Å². The first kappa shape index (κ1) is 18.1. The molecular weight excluding hydrogens is 380 g/mol. The quantitative estimate of drug-likeness (QED) is 0.525. The highest BCUT2D eigenvalue weighted by Gasteiger charge is 2.26. The molecule has 2 heterocycles. The summed E-state index contributed by atoms with van der Waals surface area (Å²) < 4.78 is 1.59. The van der Waals surface area contributed by atoms with Crippen LogP contribution in [-0.2, 0) is 0 Å². The van der Waals surface area contributed by atoms with Gasteiger partial charge in [0, 0.05) is 17.6 Å². The van der Waals surface area contributed by atoms with E-state index < -0.39 is 5.97 Å². The van der Waals surface area contributed by atoms with Crippen LogP contribution in [0.5, 0.6) is 0 Å². The normalized spacial score (nSPS) is 13.3. The zero-order chi connectivity index (χ0) is 20.7. The number of aromatic nitrogens is 3. The van der Waals surface area contributed by atoms with Crippen molar-refractivity contribution in [3.63, 3.8) is 0 Å². The van der Waals surface area contributed by atoms with Crippen LogP contribution in [0, 0.1) is 0 Å². The largest absolute Gasteiger partial charge is 0.478 e. The molecule has 0 spiro atoms. The molecule has 5 rings (SSSR count). The van der Waals surface area contributed by atoms with Crippen LogP contribution < -0.4 is 10.9 Å². The Balaban J connectivity index is 1.55. The molecule has 1 aliphatic carbocycles. The molecule has 0 radical (unpaired) electrons. The van der Waals surface area contributed by atoms with E-state index in [9.17, 15) is 14.7 Å². The third-order valence-electron chi connectivity index (χ3n) is 5.22. The van der Waals surface area contributed by atoms with Crippen LogP contribution in [-0.4, -0.2) is 25.6 Å². The molecule has 148 valence electrons. The lowest BCUT2D eigenvalue weighted by atomic mass is 10.1. The first-order valence-electron chi connectivity index (χ1n) is 9.67. The smallest absolute Gasteiger partial charge is 0.339 e. The molecule has 7 heteroatoms. The molecule has 7 nitrogen and oxygen atoms in total. The van der Waals surface area contributed by atoms with Gasteiger partial charge in [-0.1, -0.05) is 18.2 Å². The third-order valence-corrected chi connectivity index (χ3v) is 5.22. The number of aromatic carboxylic acids is 1. The molecule has 0 bridgehead atoms. The Labute approximate surface area is 171 Å². The summed E-state index contributed by atoms with van der Waals surface area (Å²) in [5.41, 5.74) is 3.54. The number of fused-ring (bicyclic) bond motifs is 1. The molecule has 0 unspecified atom stereocenters. The highest BCUT2D eigenvalue weighted by molar-refractivity contribution is 5.94. The Kier molecular flexibility index (Phi) is 4.28. The van der Waals surface area contributed by atoms with E-state index in [1.807, 2.05) is 30.3 Å². The predicted molar refractivity (Wildman–Crippen MR) is 114 cm³/mol. The number of anilines is 2. The van der Waals surface area contributed by atoms with Gasteiger partial charge in [0.2, 0.25) is 0 Å². The van der Waals surface area contributed by atoms with Crippen molar-refractivity contribution in [2.75, 3.05) is 5.32 Å². The number of hydrogen-bond acceptors (Lipinski definition) is 5. The van der Waals surface area contributed by atoms with Crippen LogP contribution in [0.3, 0.4) is 0 Å². The second kappa shape index (κ2) is 7.11. The van der Waals surface area contributed by atoms with Crippen LogP contribution in [0.1, 0.15) is 34.7 Å². The fourth-order valence-corrected chi connectivity index (χ4v) is 3.56. The number of hydrogen-bond donors (Lipinski definition) is 2. The molecule has 2 aromatic carbocycles. The van der Waals surface area contributed by atoms with Crippen molar-refractivity contribution in [3.8, 4) is 5.69 Å². The van der Waals surface area contributed by atoms with Gasteiger partial charge in [-0.15, -0.1) is 0 Å². The van der Waals surface area contributed by atoms with E-state index in [1.54, 1.807) is 35.0 Å². The fraction of sp³-hybridized carbons (Fsp3) is 0.130. The third kappa shape index (κ3) is 3.30. The summed E-state index contributed by atoms with van der Waals surface area (Å²) in [6.07, 6.45) is 5.17. The highest BCUT2D eigenvalue weighted by Crippen LogP contribution is 2.40. The molecule has 1 saturated carbocycles. The molecule has 0 amide bonds. The van der Waals surface area contributed by atoms with E-state index in [0.29, 0.717) is 22.6 Å². The van der Waals surface area contributed by atoms with E-state index in [0.717, 1.165) is 24.1 Å². The summed E-state index contributed by atoms with van der Waals surface area (Å²) in [6, 6.07) is 16.4. The molecular formula is C23H18N4O3. The van der Waals surface area contributed by atoms with Gasteiger partial charge in [0.1, 0.15) is 11.4 Å². The molecule has 0 atom stereocenters. The second-order valence-electron chi connectivity index (χ2n) is 7.34. The minimum absolute atomic E-state index is 0.140. The summed E-state index contributed by atoms with van der Waals surface area (Å²) in [5.74, 6) is -0.323. The summed E-state index contributed by atoms with van der Waals surface area (Å²) >= 11 is 0. The van der Waals surface area contributed by atoms with Crippen molar-refractivity contribution in [2.24, 2.45) is 0 Å². The van der Waals surface area contributed by atoms with Crippen molar-refractivity contribution in [2.45, 2.75) is 18.8 Å². The number of carboxylic acids is 1. The molecule has 4 aromatic rings. The molecule has 0 saturated heterocycles. The standard InChI is InChI=1S/C23H18N4O3/c28-21-13-24-19-11-16(8-9-20(19)27(21)17-4-2-1-3-5-17)26-22-18(23(29)30)10-15(12-25-22)14-6-7-14/h1-5,8-14H,6-7H2,(H,25,26)(H,29,30). The first-order valence-corrected chi connectivity index (χ1v) is 9.67. The van der Waals surface area contributed by atoms with Crippen molar-refractivity contribution in [1.82, 2.24) is 14.5 Å². The van der Waals surface area contributed by atoms with Crippen LogP contribution >= 0.6 is 0 Å². The number of rotatable bonds is 5. The summed E-state index contributed by atoms with van der Waals surface area (Å²) in [6.45, 7) is 0. The van der Waals surface area contributed by atoms with E-state index >= 15 is 0 Å². The number of para-hydroxylation sites is 1. The van der Waals surface area contributed by atoms with E-state index in [-0.39, 0.29) is 16.9 Å². The Morgan fingerprint density at radius 3 is 2.57 bits per heavy atom. The number of benzene rings is 2. The highest BCUT2D eigenvalue weighted by atomic mass is 16.4. The maximum Gasteiger partial charge on any atom is 0.339 e. The summed E-state index contributed by atoms with van der Waals surface area (Å²) in [5, 5.41) is 12.7. The summed E-state index contributed by atoms with van der Waals surface area (Å²) in [4.78, 5) is 32.8. The SMILES string of the molecule is O=C(O)c1cc(C2CC2)cnc1Nc1ccc2c(c1)ncc(=O)n2-c1ccccc1. The average molecular weight is 398 g/mol. The zero-order valence-electron chi connectivity index (χ0n) is 15.9. The number of nitrogens with one attached hydrogen (secondary N) is 1. The predicted octanol–water partition coefficient (Wildman–Crippen LogP) is 4.10. The number of nitrogens with zero attached hydrogens (tertiary/aromatic N) is 3. The maximum absolute atomic E-state index is 12.4. The van der Waals surface area contributed by atoms with Gasteiger partial charge in [-0.3, -0.25) is 9.36 Å². The topological polar surface area (TPSA) is 97.1 Å². The second-order valence-corrected chi connectivity index (χ2v) is 7.34. The minimum atomic E-state index is -1.02. The van der Waals surface area contributed by atoms with Gasteiger partial charge in [-0.05, 0) is 60.7 Å². The van der Waals surface area contributed by atoms with Crippen LogP contribution in [0.25, 0.3) is 16.7 Å². The van der Waals surface area contributed by atoms with Crippen molar-refractivity contribution in [3.05, 3.63) is 88.5 Å². The van der Waals surface area contributed by atoms with Crippen LogP contribution in [0.4, 0.5) is 11.5 Å². The number of carbonyl (C=O) groups is 1. The van der Waals surface area contributed by atoms with Crippen molar-refractivity contribution >= 4 is 28.5 Å². The van der Waals surface area contributed by atoms with Gasteiger partial charge in [0.05, 0.1) is 17.2 Å². The van der Waals surface area contributed by atoms with Gasteiger partial charge >= 0.3 is 5.97 Å². The molecule has 2 N–H and O–H groups in total. The number of carboxylic acid groups (broad SMARTS) is 1. The van der Waals surface area contributed by atoms with Crippen LogP contribution in [0.2, 0.25) is 0 Å². The lowest BCUT2D eigenvalue weighted by Crippen LogP contribution is -2.18. The molecule has 30 heavy (non-hydrogen) atoms. The van der Waals surface area contributed by atoms with Crippen molar-refractivity contribution < 1.29 is 9.90 Å². The van der Waals surface area contributed by atoms with Crippen LogP contribution in [0.15, 0.2) is 71.8 Å². The molecule has 2 aromatic heterocycles. The van der Waals surface area contributed by atoms with E-state index in [1.165, 1.54) is 6.20 Å². The number of pyridine rings is 1. The van der Waals surface area contributed by atoms with Gasteiger partial charge in [0.15, 0.2) is 0 Å². The Hall–Kier alpha value is -4.00. The molecule has 1 aliphatic rings. The van der Waals surface area contributed by atoms with Gasteiger partial charge in [-0.25, -0.2) is 14.8 Å². The Bertz CT molecular complexity index is 1330.